The summed E-state index contributed by atoms with van der Waals surface area (Å²) in [4.78, 5) is 12.0. The van der Waals surface area contributed by atoms with Crippen LogP contribution in [0.1, 0.15) is 19.3 Å². The summed E-state index contributed by atoms with van der Waals surface area (Å²) in [5.41, 5.74) is 6.24. The monoisotopic (exact) mass is 320 g/mol. The van der Waals surface area contributed by atoms with E-state index in [4.69, 9.17) is 5.73 Å². The molecule has 1 aromatic carbocycles. The van der Waals surface area contributed by atoms with Gasteiger partial charge in [0.1, 0.15) is 0 Å². The van der Waals surface area contributed by atoms with E-state index in [1.165, 1.54) is 18.2 Å². The molecule has 8 heteroatoms. The van der Waals surface area contributed by atoms with Gasteiger partial charge < -0.3 is 20.5 Å². The van der Waals surface area contributed by atoms with Crippen molar-refractivity contribution in [1.29, 1.82) is 0 Å². The Hall–Kier alpha value is -1.60. The molecule has 1 amide bonds. The van der Waals surface area contributed by atoms with Crippen LogP contribution >= 0.6 is 12.4 Å². The third kappa shape index (κ3) is 3.19. The maximum Gasteiger partial charge on any atom is 0.586 e. The number of rotatable bonds is 2. The van der Waals surface area contributed by atoms with Crippen molar-refractivity contribution in [2.24, 2.45) is 11.7 Å². The Bertz CT molecular complexity index is 556. The van der Waals surface area contributed by atoms with E-state index in [-0.39, 0.29) is 41.8 Å². The Morgan fingerprint density at radius 3 is 2.67 bits per heavy atom. The predicted molar refractivity (Wildman–Crippen MR) is 73.8 cm³/mol. The highest BCUT2D eigenvalue weighted by Crippen LogP contribution is 2.42. The van der Waals surface area contributed by atoms with Crippen molar-refractivity contribution >= 4 is 24.0 Å². The smallest absolute Gasteiger partial charge is 0.395 e. The van der Waals surface area contributed by atoms with E-state index in [1.807, 2.05) is 0 Å². The number of hydrogen-bond donors (Lipinski definition) is 2. The van der Waals surface area contributed by atoms with Crippen LogP contribution in [0.2, 0.25) is 0 Å². The van der Waals surface area contributed by atoms with Gasteiger partial charge in [-0.3, -0.25) is 4.79 Å². The van der Waals surface area contributed by atoms with Crippen molar-refractivity contribution in [3.05, 3.63) is 18.2 Å². The number of nitrogens with one attached hydrogen (secondary N) is 1. The van der Waals surface area contributed by atoms with E-state index < -0.39 is 6.29 Å². The van der Waals surface area contributed by atoms with Crippen molar-refractivity contribution in [1.82, 2.24) is 0 Å². The van der Waals surface area contributed by atoms with E-state index in [9.17, 15) is 13.6 Å². The highest BCUT2D eigenvalue weighted by atomic mass is 35.5. The molecule has 1 aromatic rings. The van der Waals surface area contributed by atoms with Crippen molar-refractivity contribution in [2.75, 3.05) is 5.32 Å². The quantitative estimate of drug-likeness (QED) is 0.878. The first-order valence-electron chi connectivity index (χ1n) is 6.41. The van der Waals surface area contributed by atoms with Crippen molar-refractivity contribution in [2.45, 2.75) is 31.6 Å². The van der Waals surface area contributed by atoms with Crippen LogP contribution in [0.15, 0.2) is 18.2 Å². The number of alkyl halides is 2. The minimum atomic E-state index is -3.65. The van der Waals surface area contributed by atoms with E-state index in [0.29, 0.717) is 5.69 Å². The zero-order valence-electron chi connectivity index (χ0n) is 11.0. The second kappa shape index (κ2) is 5.65. The zero-order chi connectivity index (χ0) is 14.3. The molecule has 116 valence electrons. The fraction of sp³-hybridized carbons (Fsp3) is 0.462. The Morgan fingerprint density at radius 2 is 2.00 bits per heavy atom. The third-order valence-electron chi connectivity index (χ3n) is 3.57. The number of hydrogen-bond acceptors (Lipinski definition) is 4. The molecule has 1 fully saturated rings. The lowest BCUT2D eigenvalue weighted by Gasteiger charge is -2.15. The summed E-state index contributed by atoms with van der Waals surface area (Å²) in [7, 11) is 0. The van der Waals surface area contributed by atoms with Crippen molar-refractivity contribution in [3.63, 3.8) is 0 Å². The minimum Gasteiger partial charge on any atom is -0.395 e. The Labute approximate surface area is 126 Å². The van der Waals surface area contributed by atoms with Gasteiger partial charge in [-0.05, 0) is 25.0 Å². The van der Waals surface area contributed by atoms with Crippen molar-refractivity contribution < 1.29 is 23.0 Å². The molecule has 3 rings (SSSR count). The molecule has 0 saturated heterocycles. The molecule has 2 unspecified atom stereocenters. The van der Waals surface area contributed by atoms with Crippen LogP contribution in [0.4, 0.5) is 14.5 Å². The highest BCUT2D eigenvalue weighted by Gasteiger charge is 2.43. The number of carbonyl (C=O) groups excluding carboxylic acids is 1. The van der Waals surface area contributed by atoms with Crippen LogP contribution in [-0.4, -0.2) is 18.2 Å². The predicted octanol–water partition coefficient (Wildman–Crippen LogP) is 2.50. The van der Waals surface area contributed by atoms with Gasteiger partial charge in [0.05, 0.1) is 5.92 Å². The lowest BCUT2D eigenvalue weighted by molar-refractivity contribution is -0.286. The first kappa shape index (κ1) is 15.8. The fourth-order valence-electron chi connectivity index (χ4n) is 2.58. The SMILES string of the molecule is Cl.NC1CCCC1C(=O)Nc1ccc2c(c1)OC(F)(F)O2. The van der Waals surface area contributed by atoms with E-state index in [2.05, 4.69) is 14.8 Å². The molecule has 21 heavy (non-hydrogen) atoms. The van der Waals surface area contributed by atoms with Gasteiger partial charge in [-0.1, -0.05) is 6.42 Å². The summed E-state index contributed by atoms with van der Waals surface area (Å²) in [6, 6.07) is 3.99. The molecule has 0 radical (unpaired) electrons. The summed E-state index contributed by atoms with van der Waals surface area (Å²) in [6.07, 6.45) is -1.16. The molecule has 0 bridgehead atoms. The number of carbonyl (C=O) groups is 1. The lowest BCUT2D eigenvalue weighted by Crippen LogP contribution is -2.34. The number of anilines is 1. The molecular weight excluding hydrogens is 306 g/mol. The Morgan fingerprint density at radius 1 is 1.29 bits per heavy atom. The van der Waals surface area contributed by atoms with Crippen LogP contribution in [-0.2, 0) is 4.79 Å². The molecule has 0 spiro atoms. The maximum atomic E-state index is 12.9. The van der Waals surface area contributed by atoms with E-state index >= 15 is 0 Å². The van der Waals surface area contributed by atoms with Crippen LogP contribution in [0, 0.1) is 5.92 Å². The van der Waals surface area contributed by atoms with E-state index in [0.717, 1.165) is 19.3 Å². The third-order valence-corrected chi connectivity index (χ3v) is 3.57. The molecule has 1 saturated carbocycles. The van der Waals surface area contributed by atoms with Gasteiger partial charge in [-0.15, -0.1) is 21.2 Å². The van der Waals surface area contributed by atoms with Gasteiger partial charge in [-0.2, -0.15) is 0 Å². The molecular formula is C13H15ClF2N2O3. The molecule has 2 aliphatic rings. The largest absolute Gasteiger partial charge is 0.586 e. The van der Waals surface area contributed by atoms with Crippen LogP contribution in [0.5, 0.6) is 11.5 Å². The minimum absolute atomic E-state index is 0. The van der Waals surface area contributed by atoms with Crippen molar-refractivity contribution in [3.8, 4) is 11.5 Å². The molecule has 2 atom stereocenters. The first-order chi connectivity index (χ1) is 9.44. The number of ether oxygens (including phenoxy) is 2. The van der Waals surface area contributed by atoms with Gasteiger partial charge in [0.15, 0.2) is 11.5 Å². The maximum absolute atomic E-state index is 12.9. The normalized spacial score (nSPS) is 25.3. The second-order valence-corrected chi connectivity index (χ2v) is 5.02. The average Bonchev–Trinajstić information content (AvgIpc) is 2.90. The molecule has 0 aromatic heterocycles. The van der Waals surface area contributed by atoms with Crippen LogP contribution in [0.3, 0.4) is 0 Å². The van der Waals surface area contributed by atoms with Gasteiger partial charge in [-0.25, -0.2) is 0 Å². The van der Waals surface area contributed by atoms with Gasteiger partial charge in [0.2, 0.25) is 5.91 Å². The first-order valence-corrected chi connectivity index (χ1v) is 6.41. The number of nitrogens with two attached hydrogens (primary N) is 1. The summed E-state index contributed by atoms with van der Waals surface area (Å²) >= 11 is 0. The number of fused-ring (bicyclic) bond motifs is 1. The second-order valence-electron chi connectivity index (χ2n) is 5.02. The van der Waals surface area contributed by atoms with Gasteiger partial charge >= 0.3 is 6.29 Å². The standard InChI is InChI=1S/C13H14F2N2O3.ClH/c14-13(15)19-10-5-4-7(6-11(10)20-13)17-12(18)8-2-1-3-9(8)16;/h4-6,8-9H,1-3,16H2,(H,17,18);1H. The van der Waals surface area contributed by atoms with Crippen LogP contribution in [0.25, 0.3) is 0 Å². The fourth-order valence-corrected chi connectivity index (χ4v) is 2.58. The summed E-state index contributed by atoms with van der Waals surface area (Å²) in [5, 5.41) is 2.67. The Kier molecular flexibility index (Phi) is 4.25. The molecule has 3 N–H and O–H groups in total. The lowest BCUT2D eigenvalue weighted by atomic mass is 10.0. The highest BCUT2D eigenvalue weighted by molar-refractivity contribution is 5.93. The molecule has 1 aliphatic heterocycles. The summed E-state index contributed by atoms with van der Waals surface area (Å²) < 4.78 is 34.4. The zero-order valence-corrected chi connectivity index (χ0v) is 11.8. The molecule has 1 aliphatic carbocycles. The van der Waals surface area contributed by atoms with E-state index in [1.54, 1.807) is 0 Å². The average molecular weight is 321 g/mol. The topological polar surface area (TPSA) is 73.6 Å². The summed E-state index contributed by atoms with van der Waals surface area (Å²) in [6.45, 7) is 0. The summed E-state index contributed by atoms with van der Waals surface area (Å²) in [5.74, 6) is -0.573. The molecule has 1 heterocycles. The van der Waals surface area contributed by atoms with Gasteiger partial charge in [0, 0.05) is 17.8 Å². The Balaban J connectivity index is 0.00000161. The number of amides is 1. The van der Waals surface area contributed by atoms with Crippen LogP contribution < -0.4 is 20.5 Å². The van der Waals surface area contributed by atoms with Gasteiger partial charge in [0.25, 0.3) is 0 Å². The molecule has 5 nitrogen and oxygen atoms in total. The number of benzene rings is 1. The number of halogens is 3.